The largest absolute Gasteiger partial charge is 0.370 e. The number of anilines is 1. The van der Waals surface area contributed by atoms with Crippen LogP contribution in [0.3, 0.4) is 0 Å². The van der Waals surface area contributed by atoms with Gasteiger partial charge in [-0.15, -0.1) is 0 Å². The number of nitrogens with two attached hydrogens (primary N) is 1. The van der Waals surface area contributed by atoms with Gasteiger partial charge in [0, 0.05) is 36.4 Å². The molecule has 1 aliphatic carbocycles. The fourth-order valence-corrected chi connectivity index (χ4v) is 4.91. The monoisotopic (exact) mass is 491 g/mol. The SMILES string of the molecule is CS(=O)(=O)NC1=CC(c2cccc(NS(C)(=O)=O)c2)(c2cnccn2)CC(CCC(N)=O)=C1. The molecule has 0 radical (unpaired) electrons. The molecule has 1 aromatic carbocycles. The van der Waals surface area contributed by atoms with Gasteiger partial charge in [-0.1, -0.05) is 17.7 Å². The lowest BCUT2D eigenvalue weighted by molar-refractivity contribution is -0.118. The number of primary amides is 1. The number of benzene rings is 1. The van der Waals surface area contributed by atoms with E-state index in [0.29, 0.717) is 35.5 Å². The Hall–Kier alpha value is -3.25. The first-order chi connectivity index (χ1) is 15.4. The second kappa shape index (κ2) is 9.32. The highest BCUT2D eigenvalue weighted by Gasteiger charge is 2.38. The van der Waals surface area contributed by atoms with Gasteiger partial charge in [-0.3, -0.25) is 24.2 Å². The highest BCUT2D eigenvalue weighted by Crippen LogP contribution is 2.43. The number of carbonyl (C=O) groups excluding carboxylic acids is 1. The normalized spacial score (nSPS) is 18.7. The minimum absolute atomic E-state index is 0.0875. The van der Waals surface area contributed by atoms with E-state index in [9.17, 15) is 21.6 Å². The average Bonchev–Trinajstić information content (AvgIpc) is 2.70. The summed E-state index contributed by atoms with van der Waals surface area (Å²) in [6.45, 7) is 0. The van der Waals surface area contributed by atoms with E-state index in [1.807, 2.05) is 0 Å². The molecule has 1 atom stereocenters. The fourth-order valence-electron chi connectivity index (χ4n) is 3.81. The predicted molar refractivity (Wildman–Crippen MR) is 125 cm³/mol. The van der Waals surface area contributed by atoms with Crippen LogP contribution in [0.4, 0.5) is 5.69 Å². The summed E-state index contributed by atoms with van der Waals surface area (Å²) < 4.78 is 52.5. The molecule has 0 fully saturated rings. The zero-order valence-corrected chi connectivity index (χ0v) is 19.8. The number of carbonyl (C=O) groups is 1. The molecule has 1 aromatic heterocycles. The fraction of sp³-hybridized carbons (Fsp3) is 0.286. The van der Waals surface area contributed by atoms with Crippen molar-refractivity contribution in [3.05, 3.63) is 77.5 Å². The van der Waals surface area contributed by atoms with Crippen LogP contribution in [-0.4, -0.2) is 45.2 Å². The molecule has 10 nitrogen and oxygen atoms in total. The van der Waals surface area contributed by atoms with Crippen molar-refractivity contribution in [2.75, 3.05) is 17.2 Å². The number of sulfonamides is 2. The molecule has 3 rings (SSSR count). The van der Waals surface area contributed by atoms with Crippen molar-refractivity contribution in [2.45, 2.75) is 24.7 Å². The molecule has 0 saturated carbocycles. The van der Waals surface area contributed by atoms with E-state index in [1.54, 1.807) is 42.6 Å². The van der Waals surface area contributed by atoms with Gasteiger partial charge in [0.05, 0.1) is 23.6 Å². The first-order valence-electron chi connectivity index (χ1n) is 9.89. The lowest BCUT2D eigenvalue weighted by Gasteiger charge is -2.35. The number of rotatable bonds is 9. The Labute approximate surface area is 193 Å². The van der Waals surface area contributed by atoms with E-state index >= 15 is 0 Å². The topological polar surface area (TPSA) is 161 Å². The minimum atomic E-state index is -3.61. The summed E-state index contributed by atoms with van der Waals surface area (Å²) >= 11 is 0. The predicted octanol–water partition coefficient (Wildman–Crippen LogP) is 1.16. The molecular weight excluding hydrogens is 466 g/mol. The molecule has 1 amide bonds. The van der Waals surface area contributed by atoms with Crippen molar-refractivity contribution in [2.24, 2.45) is 5.73 Å². The van der Waals surface area contributed by atoms with Crippen molar-refractivity contribution >= 4 is 31.6 Å². The average molecular weight is 492 g/mol. The highest BCUT2D eigenvalue weighted by atomic mass is 32.2. The van der Waals surface area contributed by atoms with Crippen LogP contribution in [0.25, 0.3) is 0 Å². The number of nitrogens with one attached hydrogen (secondary N) is 2. The van der Waals surface area contributed by atoms with Crippen LogP contribution in [0.1, 0.15) is 30.5 Å². The third-order valence-electron chi connectivity index (χ3n) is 4.96. The summed E-state index contributed by atoms with van der Waals surface area (Å²) in [6.07, 6.45) is 10.9. The highest BCUT2D eigenvalue weighted by molar-refractivity contribution is 7.92. The molecule has 33 heavy (non-hydrogen) atoms. The molecule has 0 bridgehead atoms. The maximum atomic E-state index is 12.0. The van der Waals surface area contributed by atoms with Crippen molar-refractivity contribution < 1.29 is 21.6 Å². The number of allylic oxidation sites excluding steroid dienone is 3. The first-order valence-corrected chi connectivity index (χ1v) is 13.7. The number of hydrogen-bond donors (Lipinski definition) is 3. The summed E-state index contributed by atoms with van der Waals surface area (Å²) in [4.78, 5) is 20.1. The second-order valence-corrected chi connectivity index (χ2v) is 11.4. The van der Waals surface area contributed by atoms with Crippen molar-refractivity contribution in [1.29, 1.82) is 0 Å². The van der Waals surface area contributed by atoms with Gasteiger partial charge in [0.25, 0.3) is 0 Å². The zero-order valence-electron chi connectivity index (χ0n) is 18.1. The van der Waals surface area contributed by atoms with Crippen LogP contribution in [0.2, 0.25) is 0 Å². The van der Waals surface area contributed by atoms with Gasteiger partial charge in [0.1, 0.15) is 0 Å². The molecule has 1 unspecified atom stereocenters. The molecule has 176 valence electrons. The van der Waals surface area contributed by atoms with E-state index in [-0.39, 0.29) is 6.42 Å². The maximum absolute atomic E-state index is 12.0. The molecule has 0 aliphatic heterocycles. The van der Waals surface area contributed by atoms with E-state index in [4.69, 9.17) is 5.73 Å². The van der Waals surface area contributed by atoms with Crippen LogP contribution < -0.4 is 15.2 Å². The quantitative estimate of drug-likeness (QED) is 0.474. The lowest BCUT2D eigenvalue weighted by atomic mass is 9.69. The van der Waals surface area contributed by atoms with Crippen molar-refractivity contribution in [3.63, 3.8) is 0 Å². The summed E-state index contributed by atoms with van der Waals surface area (Å²) in [6, 6.07) is 6.77. The van der Waals surface area contributed by atoms with E-state index in [0.717, 1.165) is 18.1 Å². The van der Waals surface area contributed by atoms with Crippen molar-refractivity contribution in [3.8, 4) is 0 Å². The Morgan fingerprint density at radius 3 is 2.45 bits per heavy atom. The van der Waals surface area contributed by atoms with Crippen LogP contribution in [-0.2, 0) is 30.3 Å². The Bertz CT molecular complexity index is 1320. The smallest absolute Gasteiger partial charge is 0.229 e. The van der Waals surface area contributed by atoms with E-state index in [2.05, 4.69) is 19.4 Å². The van der Waals surface area contributed by atoms with Gasteiger partial charge in [-0.2, -0.15) is 0 Å². The summed E-state index contributed by atoms with van der Waals surface area (Å²) in [5.74, 6) is -0.479. The second-order valence-electron chi connectivity index (χ2n) is 7.94. The maximum Gasteiger partial charge on any atom is 0.229 e. The van der Waals surface area contributed by atoms with E-state index < -0.39 is 31.4 Å². The Morgan fingerprint density at radius 2 is 1.85 bits per heavy atom. The van der Waals surface area contributed by atoms with Gasteiger partial charge in [-0.25, -0.2) is 16.8 Å². The van der Waals surface area contributed by atoms with Crippen LogP contribution in [0.5, 0.6) is 0 Å². The van der Waals surface area contributed by atoms with Crippen molar-refractivity contribution in [1.82, 2.24) is 14.7 Å². The van der Waals surface area contributed by atoms with Gasteiger partial charge < -0.3 is 5.73 Å². The molecule has 0 spiro atoms. The standard InChI is InChI=1S/C21H25N5O5S2/c1-32(28,29)25-17-5-3-4-16(11-17)21(19-14-23-8-9-24-19)12-15(6-7-20(22)27)10-18(13-21)26-33(2,30)31/h3-5,8-11,13-14,25-26H,6-7,12H2,1-2H3,(H2,22,27). The Balaban J connectivity index is 2.22. The first kappa shape index (κ1) is 24.4. The molecular formula is C21H25N5O5S2. The number of amides is 1. The molecule has 1 heterocycles. The Morgan fingerprint density at radius 1 is 1.12 bits per heavy atom. The van der Waals surface area contributed by atoms with E-state index in [1.165, 1.54) is 12.4 Å². The molecule has 0 saturated heterocycles. The lowest BCUT2D eigenvalue weighted by Crippen LogP contribution is -2.33. The van der Waals surface area contributed by atoms with Gasteiger partial charge >= 0.3 is 0 Å². The number of nitrogens with zero attached hydrogens (tertiary/aromatic N) is 2. The summed E-state index contributed by atoms with van der Waals surface area (Å²) in [5, 5.41) is 0. The minimum Gasteiger partial charge on any atom is -0.370 e. The third kappa shape index (κ3) is 6.62. The molecule has 1 aliphatic rings. The Kier molecular flexibility index (Phi) is 6.89. The number of hydrogen-bond acceptors (Lipinski definition) is 7. The summed E-state index contributed by atoms with van der Waals surface area (Å²) in [7, 11) is -7.13. The zero-order chi connectivity index (χ0) is 24.3. The van der Waals surface area contributed by atoms with Gasteiger partial charge in [0.15, 0.2) is 0 Å². The van der Waals surface area contributed by atoms with Gasteiger partial charge in [0.2, 0.25) is 26.0 Å². The van der Waals surface area contributed by atoms with Crippen LogP contribution in [0.15, 0.2) is 66.3 Å². The molecule has 4 N–H and O–H groups in total. The van der Waals surface area contributed by atoms with Crippen LogP contribution >= 0.6 is 0 Å². The molecule has 12 heteroatoms. The number of aromatic nitrogens is 2. The molecule has 2 aromatic rings. The third-order valence-corrected chi connectivity index (χ3v) is 6.18. The summed E-state index contributed by atoms with van der Waals surface area (Å²) in [5.41, 5.74) is 6.95. The van der Waals surface area contributed by atoms with Crippen LogP contribution in [0, 0.1) is 0 Å². The van der Waals surface area contributed by atoms with Gasteiger partial charge in [-0.05, 0) is 42.7 Å².